The predicted octanol–water partition coefficient (Wildman–Crippen LogP) is 8.16. The van der Waals surface area contributed by atoms with E-state index >= 15 is 0 Å². The molecule has 0 atom stereocenters. The summed E-state index contributed by atoms with van der Waals surface area (Å²) in [6.07, 6.45) is -9.02. The summed E-state index contributed by atoms with van der Waals surface area (Å²) in [5, 5.41) is 15.7. The Kier molecular flexibility index (Phi) is 12.9. The van der Waals surface area contributed by atoms with Crippen LogP contribution in [0.2, 0.25) is 0 Å². The largest absolute Gasteiger partial charge is 0.471 e. The number of hydrogen-bond donors (Lipinski definition) is 0. The van der Waals surface area contributed by atoms with Gasteiger partial charge in [0.1, 0.15) is 0 Å². The first kappa shape index (κ1) is 33.0. The summed E-state index contributed by atoms with van der Waals surface area (Å²) in [4.78, 5) is 8.52. The van der Waals surface area contributed by atoms with Crippen molar-refractivity contribution in [1.82, 2.24) is 20.3 Å². The number of alkyl halides is 8. The lowest BCUT2D eigenvalue weighted by Crippen LogP contribution is -2.04. The number of rotatable bonds is 4. The highest BCUT2D eigenvalue weighted by atomic mass is 127. The Morgan fingerprint density at radius 2 is 1.13 bits per heavy atom. The van der Waals surface area contributed by atoms with Crippen LogP contribution < -0.4 is 0 Å². The van der Waals surface area contributed by atoms with Crippen molar-refractivity contribution in [2.75, 3.05) is 4.93 Å². The fourth-order valence-electron chi connectivity index (χ4n) is 2.52. The van der Waals surface area contributed by atoms with Crippen LogP contribution in [0.1, 0.15) is 30.3 Å². The van der Waals surface area contributed by atoms with E-state index in [1.165, 1.54) is 12.1 Å². The van der Waals surface area contributed by atoms with E-state index in [-0.39, 0.29) is 25.5 Å². The Hall–Kier alpha value is -3.00. The molecule has 0 amide bonds. The van der Waals surface area contributed by atoms with Crippen molar-refractivity contribution in [3.63, 3.8) is 0 Å². The SMILES string of the molecule is C.CI.FC(F)(F)c1nc(-c2ccc(CBr)cc2)no1.N#CCc1ccc(-c2noc(C(F)(F)F)n2)cc1. The summed E-state index contributed by atoms with van der Waals surface area (Å²) < 4.78 is 81.7. The Balaban J connectivity index is 0.000000349. The fraction of sp³-hybridized carbons (Fsp3) is 0.261. The molecular formula is C23H19BrF6IN5O2. The zero-order chi connectivity index (χ0) is 27.6. The van der Waals surface area contributed by atoms with Crippen LogP contribution in [0.3, 0.4) is 0 Å². The number of nitrogens with zero attached hydrogens (tertiary/aromatic N) is 5. The lowest BCUT2D eigenvalue weighted by molar-refractivity contribution is -0.160. The molecule has 0 bridgehead atoms. The van der Waals surface area contributed by atoms with Crippen LogP contribution in [0.15, 0.2) is 57.6 Å². The van der Waals surface area contributed by atoms with Gasteiger partial charge < -0.3 is 9.05 Å². The van der Waals surface area contributed by atoms with Crippen molar-refractivity contribution < 1.29 is 35.4 Å². The molecule has 0 spiro atoms. The minimum atomic E-state index is -4.65. The van der Waals surface area contributed by atoms with Crippen LogP contribution in [-0.4, -0.2) is 25.2 Å². The van der Waals surface area contributed by atoms with E-state index in [1.54, 1.807) is 36.4 Å². The molecule has 0 aliphatic heterocycles. The van der Waals surface area contributed by atoms with Crippen LogP contribution >= 0.6 is 38.5 Å². The van der Waals surface area contributed by atoms with E-state index < -0.39 is 24.1 Å². The second-order valence-electron chi connectivity index (χ2n) is 6.70. The molecule has 0 radical (unpaired) electrons. The monoisotopic (exact) mass is 717 g/mol. The van der Waals surface area contributed by atoms with Gasteiger partial charge in [0.2, 0.25) is 11.6 Å². The summed E-state index contributed by atoms with van der Waals surface area (Å²) in [7, 11) is 0. The molecule has 204 valence electrons. The number of hydrogen-bond acceptors (Lipinski definition) is 7. The zero-order valence-corrected chi connectivity index (χ0v) is 22.4. The van der Waals surface area contributed by atoms with Crippen LogP contribution in [0.4, 0.5) is 26.3 Å². The molecule has 0 unspecified atom stereocenters. The molecule has 0 saturated heterocycles. The molecule has 15 heteroatoms. The maximum atomic E-state index is 12.2. The summed E-state index contributed by atoms with van der Waals surface area (Å²) >= 11 is 5.42. The Morgan fingerprint density at radius 1 is 0.763 bits per heavy atom. The van der Waals surface area contributed by atoms with Crippen LogP contribution in [0.5, 0.6) is 0 Å². The third kappa shape index (κ3) is 9.39. The fourth-order valence-corrected chi connectivity index (χ4v) is 2.89. The number of benzene rings is 2. The Labute approximate surface area is 235 Å². The number of nitriles is 1. The first-order chi connectivity index (χ1) is 17.5. The van der Waals surface area contributed by atoms with Gasteiger partial charge in [0.15, 0.2) is 0 Å². The van der Waals surface area contributed by atoms with E-state index in [2.05, 4.69) is 67.8 Å². The van der Waals surface area contributed by atoms with Gasteiger partial charge in [-0.2, -0.15) is 41.6 Å². The molecule has 0 N–H and O–H groups in total. The standard InChI is InChI=1S/C11H6F3N3O.C10H6BrF3N2O.CH3I.CH4/c12-11(13,14)10-16-9(17-18-10)8-3-1-7(2-4-8)5-6-15;11-5-6-1-3-7(4-2-6)8-15-9(17-16-8)10(12,13)14;1-2;/h1-4H,5H2;1-4H,5H2;1H3;1H4. The van der Waals surface area contributed by atoms with Crippen LogP contribution in [-0.2, 0) is 24.1 Å². The van der Waals surface area contributed by atoms with Gasteiger partial charge in [0.25, 0.3) is 0 Å². The lowest BCUT2D eigenvalue weighted by atomic mass is 10.1. The van der Waals surface area contributed by atoms with Gasteiger partial charge in [-0.15, -0.1) is 0 Å². The quantitative estimate of drug-likeness (QED) is 0.119. The van der Waals surface area contributed by atoms with E-state index in [0.29, 0.717) is 16.5 Å². The average Bonchev–Trinajstić information content (AvgIpc) is 3.57. The zero-order valence-electron chi connectivity index (χ0n) is 18.6. The van der Waals surface area contributed by atoms with Gasteiger partial charge in [-0.05, 0) is 16.1 Å². The highest BCUT2D eigenvalue weighted by Gasteiger charge is 2.39. The van der Waals surface area contributed by atoms with E-state index in [9.17, 15) is 26.3 Å². The Morgan fingerprint density at radius 3 is 1.42 bits per heavy atom. The van der Waals surface area contributed by atoms with Gasteiger partial charge in [-0.25, -0.2) is 0 Å². The minimum absolute atomic E-state index is 0. The third-order valence-electron chi connectivity index (χ3n) is 4.20. The third-order valence-corrected chi connectivity index (χ3v) is 4.85. The Bertz CT molecular complexity index is 1300. The molecule has 4 aromatic rings. The summed E-state index contributed by atoms with van der Waals surface area (Å²) in [6, 6.07) is 15.1. The summed E-state index contributed by atoms with van der Waals surface area (Å²) in [6.45, 7) is 0. The molecular weight excluding hydrogens is 699 g/mol. The molecule has 7 nitrogen and oxygen atoms in total. The second-order valence-corrected chi connectivity index (χ2v) is 7.26. The lowest BCUT2D eigenvalue weighted by Gasteiger charge is -1.97. The smallest absolute Gasteiger partial charge is 0.329 e. The predicted molar refractivity (Wildman–Crippen MR) is 138 cm³/mol. The van der Waals surface area contributed by atoms with Gasteiger partial charge in [0.05, 0.1) is 12.5 Å². The molecule has 4 rings (SSSR count). The highest BCUT2D eigenvalue weighted by molar-refractivity contribution is 14.1. The molecule has 38 heavy (non-hydrogen) atoms. The van der Waals surface area contributed by atoms with Crippen molar-refractivity contribution in [3.8, 4) is 28.8 Å². The first-order valence-electron chi connectivity index (χ1n) is 9.82. The van der Waals surface area contributed by atoms with Gasteiger partial charge in [0, 0.05) is 16.5 Å². The van der Waals surface area contributed by atoms with Crippen LogP contribution in [0, 0.1) is 11.3 Å². The highest BCUT2D eigenvalue weighted by Crippen LogP contribution is 2.30. The van der Waals surface area contributed by atoms with Crippen molar-refractivity contribution in [1.29, 1.82) is 5.26 Å². The summed E-state index contributed by atoms with van der Waals surface area (Å²) in [5.41, 5.74) is 2.65. The average molecular weight is 718 g/mol. The van der Waals surface area contributed by atoms with Crippen molar-refractivity contribution in [2.45, 2.75) is 31.5 Å². The molecule has 0 saturated carbocycles. The summed E-state index contributed by atoms with van der Waals surface area (Å²) in [5.74, 6) is -2.92. The first-order valence-corrected chi connectivity index (χ1v) is 13.1. The van der Waals surface area contributed by atoms with Crippen molar-refractivity contribution >= 4 is 38.5 Å². The molecule has 0 aliphatic rings. The normalized spacial score (nSPS) is 10.7. The van der Waals surface area contributed by atoms with Crippen molar-refractivity contribution in [3.05, 3.63) is 71.4 Å². The molecule has 0 fully saturated rings. The number of halogens is 8. The van der Waals surface area contributed by atoms with Crippen LogP contribution in [0.25, 0.3) is 22.8 Å². The molecule has 2 aromatic heterocycles. The number of aromatic nitrogens is 4. The van der Waals surface area contributed by atoms with E-state index in [4.69, 9.17) is 5.26 Å². The molecule has 0 aliphatic carbocycles. The van der Waals surface area contributed by atoms with E-state index in [0.717, 1.165) is 11.1 Å². The maximum absolute atomic E-state index is 12.2. The van der Waals surface area contributed by atoms with E-state index in [1.807, 2.05) is 11.0 Å². The molecule has 2 heterocycles. The topological polar surface area (TPSA) is 102 Å². The second kappa shape index (κ2) is 14.8. The van der Waals surface area contributed by atoms with Gasteiger partial charge >= 0.3 is 24.1 Å². The minimum Gasteiger partial charge on any atom is -0.329 e. The van der Waals surface area contributed by atoms with Gasteiger partial charge in [-0.1, -0.05) is 105 Å². The molecule has 2 aromatic carbocycles. The van der Waals surface area contributed by atoms with Gasteiger partial charge in [-0.3, -0.25) is 0 Å². The van der Waals surface area contributed by atoms with Crippen molar-refractivity contribution in [2.24, 2.45) is 0 Å². The maximum Gasteiger partial charge on any atom is 0.471 e.